The van der Waals surface area contributed by atoms with Crippen molar-refractivity contribution in [1.29, 1.82) is 0 Å². The van der Waals surface area contributed by atoms with Gasteiger partial charge >= 0.3 is 0 Å². The van der Waals surface area contributed by atoms with Crippen LogP contribution >= 0.6 is 11.6 Å². The molecule has 1 N–H and O–H groups in total. The fourth-order valence-corrected chi connectivity index (χ4v) is 2.77. The van der Waals surface area contributed by atoms with Crippen LogP contribution in [0.15, 0.2) is 66.7 Å². The molecule has 0 spiro atoms. The van der Waals surface area contributed by atoms with Crippen LogP contribution in [0, 0.1) is 11.8 Å². The minimum absolute atomic E-state index is 0.109. The molecular formula is C22H18ClNO2. The number of halogens is 1. The zero-order valence-corrected chi connectivity index (χ0v) is 14.9. The molecule has 0 unspecified atom stereocenters. The van der Waals surface area contributed by atoms with Crippen LogP contribution in [0.5, 0.6) is 5.75 Å². The maximum absolute atomic E-state index is 11.9. The van der Waals surface area contributed by atoms with Gasteiger partial charge in [0, 0.05) is 10.4 Å². The van der Waals surface area contributed by atoms with Crippen LogP contribution in [0.4, 0.5) is 0 Å². The lowest BCUT2D eigenvalue weighted by Crippen LogP contribution is -2.25. The van der Waals surface area contributed by atoms with Gasteiger partial charge in [-0.2, -0.15) is 0 Å². The highest BCUT2D eigenvalue weighted by Gasteiger charge is 2.05. The quantitative estimate of drug-likeness (QED) is 0.689. The van der Waals surface area contributed by atoms with Gasteiger partial charge in [0.15, 0.2) is 0 Å². The topological polar surface area (TPSA) is 38.3 Å². The Kier molecular flexibility index (Phi) is 6.14. The third-order valence-electron chi connectivity index (χ3n) is 3.86. The van der Waals surface area contributed by atoms with Gasteiger partial charge in [-0.1, -0.05) is 78.0 Å². The number of rotatable bonds is 5. The third kappa shape index (κ3) is 4.78. The monoisotopic (exact) mass is 363 g/mol. The second kappa shape index (κ2) is 8.94. The Labute approximate surface area is 157 Å². The summed E-state index contributed by atoms with van der Waals surface area (Å²) in [6, 6.07) is 21.3. The van der Waals surface area contributed by atoms with Gasteiger partial charge in [0.1, 0.15) is 12.4 Å². The molecule has 0 bridgehead atoms. The second-order valence-corrected chi connectivity index (χ2v) is 6.07. The molecule has 0 saturated heterocycles. The highest BCUT2D eigenvalue weighted by molar-refractivity contribution is 6.31. The largest absolute Gasteiger partial charge is 0.480 e. The zero-order chi connectivity index (χ0) is 18.2. The fourth-order valence-electron chi connectivity index (χ4n) is 2.57. The first-order chi connectivity index (χ1) is 12.7. The van der Waals surface area contributed by atoms with Crippen molar-refractivity contribution in [1.82, 2.24) is 5.32 Å². The van der Waals surface area contributed by atoms with Crippen LogP contribution < -0.4 is 10.1 Å². The lowest BCUT2D eigenvalue weighted by Gasteiger charge is -2.06. The Morgan fingerprint density at radius 2 is 1.73 bits per heavy atom. The number of carbonyl (C=O) groups excluding carboxylic acids is 1. The number of amides is 1. The maximum atomic E-state index is 11.9. The zero-order valence-electron chi connectivity index (χ0n) is 14.2. The Balaban J connectivity index is 1.46. The number of benzene rings is 3. The minimum Gasteiger partial charge on any atom is -0.480 e. The predicted molar refractivity (Wildman–Crippen MR) is 105 cm³/mol. The van der Waals surface area contributed by atoms with Crippen molar-refractivity contribution in [3.05, 3.63) is 77.3 Å². The summed E-state index contributed by atoms with van der Waals surface area (Å²) in [6.45, 7) is 0.552. The molecular weight excluding hydrogens is 346 g/mol. The molecule has 0 heterocycles. The van der Waals surface area contributed by atoms with Gasteiger partial charge < -0.3 is 10.1 Å². The first kappa shape index (κ1) is 17.8. The van der Waals surface area contributed by atoms with E-state index in [1.807, 2.05) is 60.7 Å². The molecule has 0 fully saturated rings. The van der Waals surface area contributed by atoms with Crippen LogP contribution in [0.3, 0.4) is 0 Å². The van der Waals surface area contributed by atoms with E-state index in [-0.39, 0.29) is 25.5 Å². The average Bonchev–Trinajstić information content (AvgIpc) is 2.66. The van der Waals surface area contributed by atoms with E-state index in [1.54, 1.807) is 6.07 Å². The van der Waals surface area contributed by atoms with Crippen LogP contribution in [0.2, 0.25) is 5.02 Å². The maximum Gasteiger partial charge on any atom is 0.225 e. The Bertz CT molecular complexity index is 967. The van der Waals surface area contributed by atoms with Crippen LogP contribution in [0.1, 0.15) is 5.56 Å². The number of nitrogens with one attached hydrogen (secondary N) is 1. The molecule has 4 heteroatoms. The van der Waals surface area contributed by atoms with Crippen molar-refractivity contribution in [2.24, 2.45) is 0 Å². The normalized spacial score (nSPS) is 10.0. The third-order valence-corrected chi connectivity index (χ3v) is 4.23. The van der Waals surface area contributed by atoms with E-state index >= 15 is 0 Å². The van der Waals surface area contributed by atoms with E-state index in [1.165, 1.54) is 0 Å². The van der Waals surface area contributed by atoms with Crippen LogP contribution in [0.25, 0.3) is 10.8 Å². The Morgan fingerprint density at radius 1 is 0.962 bits per heavy atom. The van der Waals surface area contributed by atoms with E-state index in [0.29, 0.717) is 5.02 Å². The molecule has 3 rings (SSSR count). The summed E-state index contributed by atoms with van der Waals surface area (Å²) in [5.41, 5.74) is 0.805. The molecule has 0 saturated carbocycles. The molecule has 3 nitrogen and oxygen atoms in total. The molecule has 0 radical (unpaired) electrons. The second-order valence-electron chi connectivity index (χ2n) is 5.66. The van der Waals surface area contributed by atoms with Gasteiger partial charge in [0.25, 0.3) is 0 Å². The first-order valence-electron chi connectivity index (χ1n) is 8.30. The van der Waals surface area contributed by atoms with Gasteiger partial charge in [0.05, 0.1) is 13.0 Å². The summed E-state index contributed by atoms with van der Waals surface area (Å²) in [7, 11) is 0. The number of hydrogen-bond acceptors (Lipinski definition) is 2. The highest BCUT2D eigenvalue weighted by Crippen LogP contribution is 2.24. The van der Waals surface area contributed by atoms with Crippen LogP contribution in [-0.2, 0) is 11.2 Å². The molecule has 0 aliphatic carbocycles. The highest BCUT2D eigenvalue weighted by atomic mass is 35.5. The van der Waals surface area contributed by atoms with Gasteiger partial charge in [-0.3, -0.25) is 4.79 Å². The summed E-state index contributed by atoms with van der Waals surface area (Å²) in [6.07, 6.45) is 0.244. The lowest BCUT2D eigenvalue weighted by molar-refractivity contribution is -0.120. The van der Waals surface area contributed by atoms with Gasteiger partial charge in [-0.05, 0) is 23.1 Å². The summed E-state index contributed by atoms with van der Waals surface area (Å²) in [5.74, 6) is 6.51. The van der Waals surface area contributed by atoms with Crippen LogP contribution in [-0.4, -0.2) is 19.1 Å². The lowest BCUT2D eigenvalue weighted by atomic mass is 10.1. The van der Waals surface area contributed by atoms with E-state index in [0.717, 1.165) is 22.1 Å². The SMILES string of the molecule is O=C(Cc1ccccc1Cl)NCC#CCOc1cccc2ccccc12. The molecule has 0 atom stereocenters. The van der Waals surface area contributed by atoms with Gasteiger partial charge in [-0.15, -0.1) is 0 Å². The van der Waals surface area contributed by atoms with Crippen molar-refractivity contribution in [3.63, 3.8) is 0 Å². The smallest absolute Gasteiger partial charge is 0.225 e. The number of hydrogen-bond donors (Lipinski definition) is 1. The van der Waals surface area contributed by atoms with E-state index in [9.17, 15) is 4.79 Å². The summed E-state index contributed by atoms with van der Waals surface area (Å²) in [5, 5.41) is 5.54. The summed E-state index contributed by atoms with van der Waals surface area (Å²) < 4.78 is 5.73. The molecule has 3 aromatic carbocycles. The van der Waals surface area contributed by atoms with Crippen molar-refractivity contribution in [2.45, 2.75) is 6.42 Å². The summed E-state index contributed by atoms with van der Waals surface area (Å²) >= 11 is 6.05. The number of ether oxygens (including phenoxy) is 1. The predicted octanol–water partition coefficient (Wildman–Crippen LogP) is 4.23. The summed E-state index contributed by atoms with van der Waals surface area (Å²) in [4.78, 5) is 11.9. The molecule has 0 aromatic heterocycles. The van der Waals surface area contributed by atoms with Crippen molar-refractivity contribution in [2.75, 3.05) is 13.2 Å². The van der Waals surface area contributed by atoms with E-state index in [2.05, 4.69) is 17.2 Å². The van der Waals surface area contributed by atoms with Crippen molar-refractivity contribution in [3.8, 4) is 17.6 Å². The van der Waals surface area contributed by atoms with Crippen molar-refractivity contribution >= 4 is 28.3 Å². The fraction of sp³-hybridized carbons (Fsp3) is 0.136. The van der Waals surface area contributed by atoms with Gasteiger partial charge in [-0.25, -0.2) is 0 Å². The molecule has 1 amide bonds. The Morgan fingerprint density at radius 3 is 2.62 bits per heavy atom. The molecule has 26 heavy (non-hydrogen) atoms. The average molecular weight is 364 g/mol. The first-order valence-corrected chi connectivity index (χ1v) is 8.68. The number of fused-ring (bicyclic) bond motifs is 1. The van der Waals surface area contributed by atoms with Gasteiger partial charge in [0.2, 0.25) is 5.91 Å². The Hall–Kier alpha value is -2.96. The number of carbonyl (C=O) groups is 1. The van der Waals surface area contributed by atoms with E-state index < -0.39 is 0 Å². The van der Waals surface area contributed by atoms with Crippen molar-refractivity contribution < 1.29 is 9.53 Å². The minimum atomic E-state index is -0.109. The molecule has 0 aliphatic rings. The standard InChI is InChI=1S/C22H18ClNO2/c23-20-12-4-2-9-18(20)16-22(25)24-14-5-6-15-26-21-13-7-10-17-8-1-3-11-19(17)21/h1-4,7-13H,14-16H2,(H,24,25). The molecule has 0 aliphatic heterocycles. The molecule has 130 valence electrons. The van der Waals surface area contributed by atoms with E-state index in [4.69, 9.17) is 16.3 Å². The molecule has 3 aromatic rings.